The Morgan fingerprint density at radius 2 is 1.82 bits per heavy atom. The number of nitrogens with zero attached hydrogens (tertiary/aromatic N) is 1. The van der Waals surface area contributed by atoms with E-state index in [0.717, 1.165) is 25.3 Å². The molecule has 0 spiro atoms. The number of carbonyl (C=O) groups is 1. The molecular formula is C15H16F3NO2S. The highest BCUT2D eigenvalue weighted by Crippen LogP contribution is 2.38. The van der Waals surface area contributed by atoms with Crippen molar-refractivity contribution >= 4 is 16.6 Å². The Morgan fingerprint density at radius 3 is 2.41 bits per heavy atom. The monoisotopic (exact) mass is 331 g/mol. The van der Waals surface area contributed by atoms with Gasteiger partial charge < -0.3 is 0 Å². The van der Waals surface area contributed by atoms with Crippen molar-refractivity contribution in [3.63, 3.8) is 0 Å². The number of rotatable bonds is 2. The molecule has 7 heteroatoms. The molecule has 0 radical (unpaired) electrons. The zero-order valence-electron chi connectivity index (χ0n) is 11.8. The van der Waals surface area contributed by atoms with Gasteiger partial charge in [0, 0.05) is 27.2 Å². The molecule has 0 amide bonds. The van der Waals surface area contributed by atoms with Gasteiger partial charge in [0.1, 0.15) is 11.4 Å². The standard InChI is InChI=1S/C15H16F3NO2S/c16-15(17,18)13-6-2-5-12(19-13)14(20)9-7-10-3-1-4-11(8-9)22(10)21/h2,5-6,9-11H,1,3-4,7-8H2. The Labute approximate surface area is 128 Å². The van der Waals surface area contributed by atoms with Crippen molar-refractivity contribution in [1.82, 2.24) is 4.98 Å². The van der Waals surface area contributed by atoms with Gasteiger partial charge in [0.2, 0.25) is 0 Å². The minimum Gasteiger partial charge on any atom is -0.292 e. The highest BCUT2D eigenvalue weighted by atomic mass is 32.2. The number of fused-ring (bicyclic) bond motifs is 2. The highest BCUT2D eigenvalue weighted by molar-refractivity contribution is 7.86. The van der Waals surface area contributed by atoms with Crippen LogP contribution >= 0.6 is 0 Å². The van der Waals surface area contributed by atoms with Gasteiger partial charge in [0.05, 0.1) is 0 Å². The SMILES string of the molecule is O=C(c1cccc(C(F)(F)F)n1)C1CC2CCCC(C1)S2=O. The van der Waals surface area contributed by atoms with Crippen LogP contribution in [0, 0.1) is 5.92 Å². The summed E-state index contributed by atoms with van der Waals surface area (Å²) in [5.41, 5.74) is -1.18. The molecular weight excluding hydrogens is 315 g/mol. The Balaban J connectivity index is 1.81. The highest BCUT2D eigenvalue weighted by Gasteiger charge is 2.41. The number of alkyl halides is 3. The summed E-state index contributed by atoms with van der Waals surface area (Å²) in [5.74, 6) is -0.705. The number of ketones is 1. The number of carbonyl (C=O) groups excluding carboxylic acids is 1. The van der Waals surface area contributed by atoms with Crippen molar-refractivity contribution in [3.8, 4) is 0 Å². The van der Waals surface area contributed by atoms with Crippen LogP contribution in [-0.2, 0) is 17.0 Å². The molecule has 0 N–H and O–H groups in total. The van der Waals surface area contributed by atoms with E-state index in [1.165, 1.54) is 12.1 Å². The molecule has 2 fully saturated rings. The maximum absolute atomic E-state index is 12.7. The average Bonchev–Trinajstić information content (AvgIpc) is 2.45. The van der Waals surface area contributed by atoms with Crippen molar-refractivity contribution in [3.05, 3.63) is 29.6 Å². The largest absolute Gasteiger partial charge is 0.433 e. The Kier molecular flexibility index (Phi) is 4.09. The molecule has 3 rings (SSSR count). The second-order valence-electron chi connectivity index (χ2n) is 5.94. The molecule has 0 aliphatic carbocycles. The number of aromatic nitrogens is 1. The first-order valence-electron chi connectivity index (χ1n) is 7.34. The third-order valence-electron chi connectivity index (χ3n) is 4.47. The minimum atomic E-state index is -4.55. The maximum atomic E-state index is 12.7. The van der Waals surface area contributed by atoms with Crippen LogP contribution in [0.15, 0.2) is 18.2 Å². The van der Waals surface area contributed by atoms with Crippen LogP contribution in [-0.4, -0.2) is 25.5 Å². The minimum absolute atomic E-state index is 0.00671. The van der Waals surface area contributed by atoms with Crippen LogP contribution < -0.4 is 0 Å². The second kappa shape index (κ2) is 5.76. The van der Waals surface area contributed by atoms with Crippen LogP contribution in [0.1, 0.15) is 48.3 Å². The Bertz CT molecular complexity index is 601. The van der Waals surface area contributed by atoms with Crippen molar-refractivity contribution in [2.45, 2.75) is 48.8 Å². The first kappa shape index (κ1) is 15.6. The fraction of sp³-hybridized carbons (Fsp3) is 0.600. The lowest BCUT2D eigenvalue weighted by Gasteiger charge is -2.37. The number of pyridine rings is 1. The lowest BCUT2D eigenvalue weighted by molar-refractivity contribution is -0.141. The van der Waals surface area contributed by atoms with Gasteiger partial charge in [-0.1, -0.05) is 12.5 Å². The first-order chi connectivity index (χ1) is 10.4. The van der Waals surface area contributed by atoms with Gasteiger partial charge in [-0.25, -0.2) is 4.98 Å². The van der Waals surface area contributed by atoms with Crippen LogP contribution in [0.25, 0.3) is 0 Å². The molecule has 2 unspecified atom stereocenters. The molecule has 1 aromatic rings. The lowest BCUT2D eigenvalue weighted by Crippen LogP contribution is -2.41. The van der Waals surface area contributed by atoms with E-state index in [4.69, 9.17) is 0 Å². The van der Waals surface area contributed by atoms with E-state index in [2.05, 4.69) is 4.98 Å². The number of hydrogen-bond acceptors (Lipinski definition) is 3. The summed E-state index contributed by atoms with van der Waals surface area (Å²) in [7, 11) is -0.901. The molecule has 3 heterocycles. The third-order valence-corrected chi connectivity index (χ3v) is 6.64. The van der Waals surface area contributed by atoms with Crippen molar-refractivity contribution in [2.75, 3.05) is 0 Å². The smallest absolute Gasteiger partial charge is 0.292 e. The summed E-state index contributed by atoms with van der Waals surface area (Å²) >= 11 is 0. The van der Waals surface area contributed by atoms with Crippen molar-refractivity contribution < 1.29 is 22.2 Å². The van der Waals surface area contributed by atoms with Crippen LogP contribution in [0.5, 0.6) is 0 Å². The van der Waals surface area contributed by atoms with Gasteiger partial charge in [-0.05, 0) is 37.8 Å². The maximum Gasteiger partial charge on any atom is 0.433 e. The number of Topliss-reactive ketones (excluding diaryl/α,β-unsaturated/α-hetero) is 1. The molecule has 2 aliphatic rings. The van der Waals surface area contributed by atoms with Crippen LogP contribution in [0.4, 0.5) is 13.2 Å². The molecule has 2 atom stereocenters. The van der Waals surface area contributed by atoms with Gasteiger partial charge in [-0.3, -0.25) is 9.00 Å². The zero-order valence-corrected chi connectivity index (χ0v) is 12.6. The summed E-state index contributed by atoms with van der Waals surface area (Å²) in [4.78, 5) is 16.0. The fourth-order valence-electron chi connectivity index (χ4n) is 3.39. The molecule has 2 saturated heterocycles. The van der Waals surface area contributed by atoms with Gasteiger partial charge >= 0.3 is 6.18 Å². The molecule has 22 heavy (non-hydrogen) atoms. The summed E-state index contributed by atoms with van der Waals surface area (Å²) in [6, 6.07) is 3.41. The topological polar surface area (TPSA) is 47.0 Å². The van der Waals surface area contributed by atoms with E-state index in [1.807, 2.05) is 0 Å². The summed E-state index contributed by atoms with van der Waals surface area (Å²) in [5, 5.41) is 0.0134. The first-order valence-corrected chi connectivity index (χ1v) is 8.61. The Hall–Kier alpha value is -1.24. The van der Waals surface area contributed by atoms with Gasteiger partial charge in [0.15, 0.2) is 5.78 Å². The van der Waals surface area contributed by atoms with Gasteiger partial charge in [-0.15, -0.1) is 0 Å². The summed E-state index contributed by atoms with van der Waals surface area (Å²) in [6.45, 7) is 0. The van der Waals surface area contributed by atoms with Crippen LogP contribution in [0.2, 0.25) is 0 Å². The molecule has 0 aromatic carbocycles. The van der Waals surface area contributed by atoms with Crippen LogP contribution in [0.3, 0.4) is 0 Å². The van der Waals surface area contributed by atoms with Crippen molar-refractivity contribution in [2.24, 2.45) is 5.92 Å². The normalized spacial score (nSPS) is 31.8. The molecule has 2 aliphatic heterocycles. The second-order valence-corrected chi connectivity index (χ2v) is 7.93. The molecule has 2 bridgehead atoms. The zero-order chi connectivity index (χ0) is 15.9. The van der Waals surface area contributed by atoms with E-state index in [-0.39, 0.29) is 27.9 Å². The average molecular weight is 331 g/mol. The van der Waals surface area contributed by atoms with E-state index >= 15 is 0 Å². The predicted octanol–water partition coefficient (Wildman–Crippen LogP) is 3.36. The number of halogens is 3. The molecule has 3 nitrogen and oxygen atoms in total. The van der Waals surface area contributed by atoms with Gasteiger partial charge in [0.25, 0.3) is 0 Å². The van der Waals surface area contributed by atoms with Crippen molar-refractivity contribution in [1.29, 1.82) is 0 Å². The quantitative estimate of drug-likeness (QED) is 0.781. The summed E-state index contributed by atoms with van der Waals surface area (Å²) < 4.78 is 50.2. The van der Waals surface area contributed by atoms with E-state index in [1.54, 1.807) is 0 Å². The van der Waals surface area contributed by atoms with E-state index in [0.29, 0.717) is 12.8 Å². The fourth-order valence-corrected chi connectivity index (χ4v) is 5.57. The van der Waals surface area contributed by atoms with E-state index < -0.39 is 22.7 Å². The van der Waals surface area contributed by atoms with E-state index in [9.17, 15) is 22.2 Å². The Morgan fingerprint density at radius 1 is 1.18 bits per heavy atom. The molecule has 0 saturated carbocycles. The third kappa shape index (κ3) is 2.95. The van der Waals surface area contributed by atoms with Gasteiger partial charge in [-0.2, -0.15) is 13.2 Å². The summed E-state index contributed by atoms with van der Waals surface area (Å²) in [6.07, 6.45) is -0.865. The molecule has 1 aromatic heterocycles. The number of hydrogen-bond donors (Lipinski definition) is 0. The predicted molar refractivity (Wildman–Crippen MR) is 75.9 cm³/mol. The molecule has 120 valence electrons. The lowest BCUT2D eigenvalue weighted by atomic mass is 9.85.